The molecule has 14 rings (SSSR count). The minimum atomic E-state index is -2.34. The summed E-state index contributed by atoms with van der Waals surface area (Å²) in [6.45, 7) is 22.8. The monoisotopic (exact) mass is 2130 g/mol. The summed E-state index contributed by atoms with van der Waals surface area (Å²) in [5.74, 6) is -5.20. The largest absolute Gasteiger partial charge is 0.458 e. The van der Waals surface area contributed by atoms with Crippen LogP contribution in [0.15, 0.2) is 60.3 Å². The Labute approximate surface area is 854 Å². The van der Waals surface area contributed by atoms with Crippen LogP contribution < -0.4 is 0 Å². The molecular weight excluding hydrogens is 1970 g/mol. The van der Waals surface area contributed by atoms with Crippen molar-refractivity contribution < 1.29 is 242 Å². The number of hydrogen-bond donors (Lipinski definition) is 26. The second kappa shape index (κ2) is 46.9. The molecule has 26 N–H and O–H groups in total. The second-order valence-electron chi connectivity index (χ2n) is 45.0. The average molecular weight is 2130 g/mol. The van der Waals surface area contributed by atoms with Gasteiger partial charge < -0.3 is 228 Å². The van der Waals surface area contributed by atoms with Gasteiger partial charge in [-0.1, -0.05) is 77.5 Å². The fraction of sp³-hybridized carbons (Fsp3) is 0.869. The molecule has 0 aromatic rings. The molecule has 0 aromatic carbocycles. The number of carbonyl (C=O) groups excluding carboxylic acids is 3. The van der Waals surface area contributed by atoms with Crippen molar-refractivity contribution in [1.29, 1.82) is 0 Å². The van der Waals surface area contributed by atoms with E-state index in [0.29, 0.717) is 12.0 Å². The number of carbonyl (C=O) groups is 3. The van der Waals surface area contributed by atoms with Gasteiger partial charge in [0.25, 0.3) is 0 Å². The van der Waals surface area contributed by atoms with Crippen LogP contribution in [0.5, 0.6) is 0 Å². The first-order chi connectivity index (χ1) is 69.3. The quantitative estimate of drug-likeness (QED) is 0.00954. The molecule has 4 saturated carbocycles. The molecule has 9 saturated heterocycles. The smallest absolute Gasteiger partial charge is 0.333 e. The summed E-state index contributed by atoms with van der Waals surface area (Å²) >= 11 is 0. The molecule has 49 heteroatoms. The maximum absolute atomic E-state index is 17.0. The molecule has 9 heterocycles. The van der Waals surface area contributed by atoms with E-state index >= 15 is 9.59 Å². The van der Waals surface area contributed by atoms with Gasteiger partial charge in [0, 0.05) is 28.4 Å². The van der Waals surface area contributed by atoms with Gasteiger partial charge in [0.1, 0.15) is 176 Å². The summed E-state index contributed by atoms with van der Waals surface area (Å²) in [6, 6.07) is 0. The highest BCUT2D eigenvalue weighted by Crippen LogP contribution is 2.76. The van der Waals surface area contributed by atoms with Gasteiger partial charge in [-0.05, 0) is 140 Å². The van der Waals surface area contributed by atoms with Crippen LogP contribution in [0.1, 0.15) is 154 Å². The normalized spacial score (nSPS) is 49.9. The fourth-order valence-corrected chi connectivity index (χ4v) is 24.8. The van der Waals surface area contributed by atoms with Crippen molar-refractivity contribution in [2.24, 2.45) is 50.2 Å². The summed E-state index contributed by atoms with van der Waals surface area (Å²) in [5, 5.41) is 295. The Morgan fingerprint density at radius 3 is 1.53 bits per heavy atom. The van der Waals surface area contributed by atoms with Crippen molar-refractivity contribution in [2.45, 2.75) is 435 Å². The molecule has 846 valence electrons. The maximum atomic E-state index is 17.0. The SMILES string of the molecule is C=C[C@@](C)(O)CC/C=C(\C)C(=O)O[C@H]1CO[C@@H](O[C@](C)(C=C)CC/C=C(\C)C(=O)O[C@H]2C[C@]3(C(=O)O[C@@H]4O[C@H](CO[C@@H]5O[C@@H](C)[C@H](O)[C@@H](O)[C@H]5O)[C@@H](O)[C@H](O)[C@H]4O[C@@H]4O[C@@H](C)[C@H](O[C@@H]5OC[C@@H](O)[C@H](O[C@@H]6OC[C@@H](O)[C@H](O)[C@H]6O)[C@H]5O)[C@@H](O)[C@H]4O)[C@@H](O)C[C@]4(C)C(=CC[C@@H]5[C@@]6(C)C[C@H](O)[C@H](O[C@@H]7O[C@H](CO[C@@H]8OC[C@H](O)[C@H](O)[C@H]8O[C@@H]8OC[C@@H](O)[C@H](O)[C@H]8O)[C@@H](O)[C@H](O)[C@H]7O)[C@@](C)(CO)[C@@H]6CC[C@]54C)[C@@H]3CC2(C)C)[C@H](O)[C@H]1O. The number of hydrogen-bond acceptors (Lipinski definition) is 49. The van der Waals surface area contributed by atoms with E-state index in [1.807, 2.05) is 19.9 Å². The maximum Gasteiger partial charge on any atom is 0.333 e. The Kier molecular flexibility index (Phi) is 37.7. The molecule has 9 aliphatic heterocycles. The summed E-state index contributed by atoms with van der Waals surface area (Å²) in [6.07, 6.45) is -70.0. The van der Waals surface area contributed by atoms with Crippen LogP contribution in [-0.4, -0.2) is 485 Å². The zero-order chi connectivity index (χ0) is 109. The van der Waals surface area contributed by atoms with Crippen LogP contribution in [0.3, 0.4) is 0 Å². The number of fused-ring (bicyclic) bond motifs is 7. The van der Waals surface area contributed by atoms with Crippen LogP contribution >= 0.6 is 0 Å². The van der Waals surface area contributed by atoms with Gasteiger partial charge in [-0.2, -0.15) is 0 Å². The van der Waals surface area contributed by atoms with E-state index in [0.717, 1.165) is 0 Å². The standard InChI is InChI=1S/C99H156O49/c1-15-93(9,128)24-17-19-39(3)80(125)138-50-35-134-86(70(120)63(50)113)148-94(10,16-2)25-18-20-40(4)81(126)141-56-30-99(91(127)147-90-78(66(116)62(112)52(140-90)36-133-82-71(121)64(114)57(107)41(5)136-82)145-87-73(123)67(117)75(42(6)137-87)142-85-74(124)76(49(105)34-131-85)143-83-68(118)58(108)46(102)31-129-83)44(27-92(56,7)8)43-21-22-54-95(11)28-45(101)79(96(12,38-100)53(95)23-26-97(54,13)98(43,14)29-55(99)106)146-88-72(122)65(115)61(111)51(139-88)37-135-89-77(60(110)48(104)33-132-89)144-84-69(119)59(109)47(103)32-130-84/h15-16,19-21,41-42,44-79,82-90,100-124,128H,1-2,17-18,22-38H2,3-14H3/b39-19+,40-20+/t41-,42-,44-,45-,46+,47+,48-,49+,50-,51+,52+,53+,54+,55-,56-,57-,58-,59-,60-,61+,62+,63-,64+,65-,66-,67-,68+,69+,70+,71+,72+,73+,74+,75-,76-,77+,78+,79-,82+,83-,84-,85-,86-,87-,88-,89-,90-,93+,94+,95-,96-,97+,98+,99+/m0/s1. The molecule has 0 bridgehead atoms. The van der Waals surface area contributed by atoms with Gasteiger partial charge in [0.2, 0.25) is 6.29 Å². The third kappa shape index (κ3) is 23.2. The third-order valence-electron chi connectivity index (χ3n) is 34.5. The summed E-state index contributed by atoms with van der Waals surface area (Å²) in [4.78, 5) is 45.3. The van der Waals surface area contributed by atoms with Gasteiger partial charge in [-0.15, -0.1) is 13.2 Å². The van der Waals surface area contributed by atoms with E-state index in [1.54, 1.807) is 40.7 Å². The molecule has 148 heavy (non-hydrogen) atoms. The molecule has 0 radical (unpaired) electrons. The minimum absolute atomic E-state index is 0.0260. The van der Waals surface area contributed by atoms with E-state index < -0.39 is 409 Å². The van der Waals surface area contributed by atoms with Gasteiger partial charge in [-0.3, -0.25) is 4.79 Å². The van der Waals surface area contributed by atoms with Crippen molar-refractivity contribution in [2.75, 3.05) is 52.9 Å². The summed E-state index contributed by atoms with van der Waals surface area (Å²) in [7, 11) is 0. The molecule has 14 aliphatic rings. The van der Waals surface area contributed by atoms with Crippen molar-refractivity contribution in [1.82, 2.24) is 0 Å². The predicted molar refractivity (Wildman–Crippen MR) is 494 cm³/mol. The van der Waals surface area contributed by atoms with E-state index in [-0.39, 0.29) is 68.9 Å². The molecule has 0 aromatic heterocycles. The highest BCUT2D eigenvalue weighted by Gasteiger charge is 2.75. The van der Waals surface area contributed by atoms with Crippen molar-refractivity contribution in [3.05, 3.63) is 60.3 Å². The number of aliphatic hydroxyl groups is 26. The lowest BCUT2D eigenvalue weighted by molar-refractivity contribution is -0.381. The number of rotatable bonds is 33. The lowest BCUT2D eigenvalue weighted by atomic mass is 9.33. The predicted octanol–water partition coefficient (Wildman–Crippen LogP) is -7.35. The Morgan fingerprint density at radius 1 is 0.446 bits per heavy atom. The molecule has 0 unspecified atom stereocenters. The fourth-order valence-electron chi connectivity index (χ4n) is 24.8. The van der Waals surface area contributed by atoms with E-state index in [9.17, 15) is 138 Å². The van der Waals surface area contributed by atoms with Crippen LogP contribution in [-0.2, 0) is 109 Å². The zero-order valence-electron chi connectivity index (χ0n) is 84.9. The molecule has 0 spiro atoms. The van der Waals surface area contributed by atoms with Crippen LogP contribution in [0.2, 0.25) is 0 Å². The Bertz CT molecular complexity index is 4570. The number of allylic oxidation sites excluding steroid dienone is 4. The topological polar surface area (TPSA) is 762 Å². The van der Waals surface area contributed by atoms with Crippen LogP contribution in [0.25, 0.3) is 0 Å². The van der Waals surface area contributed by atoms with E-state index in [4.69, 9.17) is 94.7 Å². The lowest BCUT2D eigenvalue weighted by Gasteiger charge is -2.72. The van der Waals surface area contributed by atoms with Crippen molar-refractivity contribution in [3.63, 3.8) is 0 Å². The molecule has 49 nitrogen and oxygen atoms in total. The highest BCUT2D eigenvalue weighted by molar-refractivity contribution is 5.88. The van der Waals surface area contributed by atoms with E-state index in [1.165, 1.54) is 45.9 Å². The average Bonchev–Trinajstić information content (AvgIpc) is 0.664. The zero-order valence-corrected chi connectivity index (χ0v) is 84.9. The summed E-state index contributed by atoms with van der Waals surface area (Å²) < 4.78 is 120. The first-order valence-corrected chi connectivity index (χ1v) is 50.8. The van der Waals surface area contributed by atoms with Gasteiger partial charge >= 0.3 is 17.9 Å². The molecular formula is C99H156O49. The first kappa shape index (κ1) is 119. The lowest BCUT2D eigenvalue weighted by Crippen LogP contribution is -2.71. The molecule has 13 fully saturated rings. The van der Waals surface area contributed by atoms with Crippen LogP contribution in [0.4, 0.5) is 0 Å². The van der Waals surface area contributed by atoms with Crippen molar-refractivity contribution in [3.8, 4) is 0 Å². The van der Waals surface area contributed by atoms with Gasteiger partial charge in [0.05, 0.1) is 94.6 Å². The van der Waals surface area contributed by atoms with Gasteiger partial charge in [-0.25, -0.2) is 9.59 Å². The molecule has 54 atom stereocenters. The number of esters is 3. The Balaban J connectivity index is 0.745. The first-order valence-electron chi connectivity index (χ1n) is 50.8. The highest BCUT2D eigenvalue weighted by atomic mass is 16.8. The van der Waals surface area contributed by atoms with Crippen molar-refractivity contribution >= 4 is 17.9 Å². The Morgan fingerprint density at radius 2 is 0.926 bits per heavy atom. The van der Waals surface area contributed by atoms with E-state index in [2.05, 4.69) is 20.1 Å². The second-order valence-corrected chi connectivity index (χ2v) is 45.0. The molecule has 5 aliphatic carbocycles. The summed E-state index contributed by atoms with van der Waals surface area (Å²) in [5.41, 5.74) is -9.76. The number of ether oxygens (including phenoxy) is 20. The van der Waals surface area contributed by atoms with Crippen LogP contribution in [0, 0.1) is 50.2 Å². The Hall–Kier alpha value is -4.61. The molecule has 0 amide bonds. The number of aliphatic hydroxyl groups excluding tert-OH is 25. The third-order valence-corrected chi connectivity index (χ3v) is 34.5. The van der Waals surface area contributed by atoms with Gasteiger partial charge in [0.15, 0.2) is 62.5 Å². The minimum Gasteiger partial charge on any atom is -0.458 e.